The molecule has 9 heteroatoms. The van der Waals surface area contributed by atoms with Crippen molar-refractivity contribution in [3.05, 3.63) is 83.6 Å². The molecule has 0 unspecified atom stereocenters. The lowest BCUT2D eigenvalue weighted by molar-refractivity contribution is -0.124. The van der Waals surface area contributed by atoms with Crippen LogP contribution < -0.4 is 15.0 Å². The SMILES string of the molecule is CCCOc1ccc(NC(=O)C[C@H]2C(=O)N(c3ccc(Cl)cc3)C(=O)N2CCc2ccncc2)cc1. The van der Waals surface area contributed by atoms with Gasteiger partial charge in [-0.2, -0.15) is 0 Å². The molecule has 36 heavy (non-hydrogen) atoms. The predicted octanol–water partition coefficient (Wildman–Crippen LogP) is 4.93. The maximum atomic E-state index is 13.4. The van der Waals surface area contributed by atoms with Crippen LogP contribution >= 0.6 is 11.6 Å². The van der Waals surface area contributed by atoms with E-state index in [1.54, 1.807) is 60.9 Å². The zero-order chi connectivity index (χ0) is 25.5. The highest BCUT2D eigenvalue weighted by Crippen LogP contribution is 2.28. The predicted molar refractivity (Wildman–Crippen MR) is 138 cm³/mol. The highest BCUT2D eigenvalue weighted by molar-refractivity contribution is 6.30. The molecule has 8 nitrogen and oxygen atoms in total. The van der Waals surface area contributed by atoms with Gasteiger partial charge in [-0.25, -0.2) is 9.69 Å². The van der Waals surface area contributed by atoms with Gasteiger partial charge in [-0.3, -0.25) is 14.6 Å². The Morgan fingerprint density at radius 3 is 2.39 bits per heavy atom. The Morgan fingerprint density at radius 2 is 1.72 bits per heavy atom. The number of aromatic nitrogens is 1. The van der Waals surface area contributed by atoms with Crippen LogP contribution in [0.15, 0.2) is 73.1 Å². The number of carbonyl (C=O) groups is 3. The van der Waals surface area contributed by atoms with E-state index in [1.807, 2.05) is 19.1 Å². The van der Waals surface area contributed by atoms with Gasteiger partial charge in [0.05, 0.1) is 18.7 Å². The van der Waals surface area contributed by atoms with Gasteiger partial charge in [-0.1, -0.05) is 18.5 Å². The van der Waals surface area contributed by atoms with Crippen LogP contribution in [0, 0.1) is 0 Å². The van der Waals surface area contributed by atoms with Crippen LogP contribution in [0.4, 0.5) is 16.2 Å². The van der Waals surface area contributed by atoms with Crippen LogP contribution in [0.3, 0.4) is 0 Å². The molecule has 1 atom stereocenters. The van der Waals surface area contributed by atoms with Gasteiger partial charge in [0.25, 0.3) is 5.91 Å². The van der Waals surface area contributed by atoms with Crippen molar-refractivity contribution >= 4 is 40.8 Å². The summed E-state index contributed by atoms with van der Waals surface area (Å²) in [6.45, 7) is 2.92. The monoisotopic (exact) mass is 506 g/mol. The third-order valence-electron chi connectivity index (χ3n) is 5.78. The highest BCUT2D eigenvalue weighted by Gasteiger charge is 2.46. The van der Waals surface area contributed by atoms with E-state index in [4.69, 9.17) is 16.3 Å². The largest absolute Gasteiger partial charge is 0.494 e. The summed E-state index contributed by atoms with van der Waals surface area (Å²) in [7, 11) is 0. The van der Waals surface area contributed by atoms with Crippen LogP contribution in [0.2, 0.25) is 5.02 Å². The number of amides is 4. The molecule has 4 rings (SSSR count). The fourth-order valence-corrected chi connectivity index (χ4v) is 4.08. The number of halogens is 1. The Balaban J connectivity index is 1.49. The molecule has 186 valence electrons. The molecule has 1 saturated heterocycles. The summed E-state index contributed by atoms with van der Waals surface area (Å²) in [6.07, 6.45) is 4.61. The number of imide groups is 1. The van der Waals surface area contributed by atoms with Crippen LogP contribution in [-0.2, 0) is 16.0 Å². The second-order valence-electron chi connectivity index (χ2n) is 8.37. The standard InChI is InChI=1S/C27H27ClN4O4/c1-2-17-36-23-9-5-21(6-10-23)30-25(33)18-24-26(34)32(22-7-3-20(28)4-8-22)27(35)31(24)16-13-19-11-14-29-15-12-19/h3-12,14-15,24H,2,13,16-18H2,1H3,(H,30,33)/t24-/m0/s1. The molecule has 2 heterocycles. The number of nitrogens with zero attached hydrogens (tertiary/aromatic N) is 3. The normalized spacial score (nSPS) is 15.3. The van der Waals surface area contributed by atoms with Crippen molar-refractivity contribution in [2.75, 3.05) is 23.4 Å². The smallest absolute Gasteiger partial charge is 0.332 e. The van der Waals surface area contributed by atoms with E-state index in [0.717, 1.165) is 16.9 Å². The quantitative estimate of drug-likeness (QED) is 0.393. The number of carbonyl (C=O) groups excluding carboxylic acids is 3. The number of anilines is 2. The molecule has 4 amide bonds. The molecule has 1 aliphatic rings. The first kappa shape index (κ1) is 25.2. The third-order valence-corrected chi connectivity index (χ3v) is 6.04. The minimum Gasteiger partial charge on any atom is -0.494 e. The zero-order valence-electron chi connectivity index (χ0n) is 19.9. The Hall–Kier alpha value is -3.91. The molecule has 0 saturated carbocycles. The number of nitrogens with one attached hydrogen (secondary N) is 1. The molecule has 0 spiro atoms. The van der Waals surface area contributed by atoms with Gasteiger partial charge in [0, 0.05) is 29.6 Å². The van der Waals surface area contributed by atoms with E-state index >= 15 is 0 Å². The van der Waals surface area contributed by atoms with Gasteiger partial charge >= 0.3 is 6.03 Å². The van der Waals surface area contributed by atoms with Gasteiger partial charge in [0.1, 0.15) is 11.8 Å². The molecule has 0 bridgehead atoms. The van der Waals surface area contributed by atoms with Crippen molar-refractivity contribution in [3.8, 4) is 5.75 Å². The summed E-state index contributed by atoms with van der Waals surface area (Å²) >= 11 is 5.98. The van der Waals surface area contributed by atoms with E-state index in [0.29, 0.717) is 35.2 Å². The number of pyridine rings is 1. The molecule has 1 aliphatic heterocycles. The van der Waals surface area contributed by atoms with Gasteiger partial charge < -0.3 is 15.0 Å². The number of ether oxygens (including phenoxy) is 1. The number of urea groups is 1. The van der Waals surface area contributed by atoms with Crippen molar-refractivity contribution in [1.29, 1.82) is 0 Å². The molecule has 1 fully saturated rings. The molecule has 3 aromatic rings. The minimum atomic E-state index is -0.929. The fraction of sp³-hybridized carbons (Fsp3) is 0.259. The number of hydrogen-bond acceptors (Lipinski definition) is 5. The molecule has 2 aromatic carbocycles. The van der Waals surface area contributed by atoms with Crippen LogP contribution in [-0.4, -0.2) is 46.9 Å². The number of benzene rings is 2. The first-order valence-corrected chi connectivity index (χ1v) is 12.2. The van der Waals surface area contributed by atoms with E-state index in [2.05, 4.69) is 10.3 Å². The Bertz CT molecular complexity index is 1200. The summed E-state index contributed by atoms with van der Waals surface area (Å²) in [5.41, 5.74) is 1.97. The maximum absolute atomic E-state index is 13.4. The highest BCUT2D eigenvalue weighted by atomic mass is 35.5. The minimum absolute atomic E-state index is 0.168. The van der Waals surface area contributed by atoms with Crippen LogP contribution in [0.1, 0.15) is 25.3 Å². The summed E-state index contributed by atoms with van der Waals surface area (Å²) in [6, 6.07) is 15.8. The summed E-state index contributed by atoms with van der Waals surface area (Å²) < 4.78 is 5.57. The van der Waals surface area contributed by atoms with Crippen LogP contribution in [0.25, 0.3) is 0 Å². The average molecular weight is 507 g/mol. The third kappa shape index (κ3) is 6.01. The Labute approximate surface area is 214 Å². The summed E-state index contributed by atoms with van der Waals surface area (Å²) in [4.78, 5) is 46.2. The van der Waals surface area contributed by atoms with Gasteiger partial charge in [-0.05, 0) is 79.1 Å². The van der Waals surface area contributed by atoms with E-state index in [9.17, 15) is 14.4 Å². The topological polar surface area (TPSA) is 91.8 Å². The first-order valence-electron chi connectivity index (χ1n) is 11.8. The fourth-order valence-electron chi connectivity index (χ4n) is 3.96. The van der Waals surface area contributed by atoms with E-state index in [-0.39, 0.29) is 18.9 Å². The second-order valence-corrected chi connectivity index (χ2v) is 8.81. The zero-order valence-corrected chi connectivity index (χ0v) is 20.6. The lowest BCUT2D eigenvalue weighted by Crippen LogP contribution is -2.39. The molecule has 0 radical (unpaired) electrons. The Kier molecular flexibility index (Phi) is 8.17. The van der Waals surface area contributed by atoms with Crippen molar-refractivity contribution < 1.29 is 19.1 Å². The first-order chi connectivity index (χ1) is 17.5. The van der Waals surface area contributed by atoms with Crippen molar-refractivity contribution in [1.82, 2.24) is 9.88 Å². The van der Waals surface area contributed by atoms with E-state index in [1.165, 1.54) is 4.90 Å². The molecule has 1 N–H and O–H groups in total. The average Bonchev–Trinajstić information content (AvgIpc) is 3.12. The summed E-state index contributed by atoms with van der Waals surface area (Å²) in [5.74, 6) is -0.0990. The summed E-state index contributed by atoms with van der Waals surface area (Å²) in [5, 5.41) is 3.31. The number of rotatable bonds is 10. The van der Waals surface area contributed by atoms with Crippen LogP contribution in [0.5, 0.6) is 5.75 Å². The van der Waals surface area contributed by atoms with Crippen molar-refractivity contribution in [2.45, 2.75) is 32.2 Å². The van der Waals surface area contributed by atoms with Gasteiger partial charge in [0.15, 0.2) is 0 Å². The molecular formula is C27H27ClN4O4. The van der Waals surface area contributed by atoms with Gasteiger partial charge in [-0.15, -0.1) is 0 Å². The lowest BCUT2D eigenvalue weighted by Gasteiger charge is -2.21. The molecular weight excluding hydrogens is 480 g/mol. The lowest BCUT2D eigenvalue weighted by atomic mass is 10.1. The molecule has 0 aliphatic carbocycles. The van der Waals surface area contributed by atoms with Crippen molar-refractivity contribution in [2.24, 2.45) is 0 Å². The Morgan fingerprint density at radius 1 is 1.03 bits per heavy atom. The maximum Gasteiger partial charge on any atom is 0.332 e. The van der Waals surface area contributed by atoms with E-state index < -0.39 is 18.0 Å². The second kappa shape index (κ2) is 11.7. The van der Waals surface area contributed by atoms with Gasteiger partial charge in [0.2, 0.25) is 5.91 Å². The molecule has 1 aromatic heterocycles. The van der Waals surface area contributed by atoms with Crippen molar-refractivity contribution in [3.63, 3.8) is 0 Å². The number of hydrogen-bond donors (Lipinski definition) is 1.